The zero-order valence-electron chi connectivity index (χ0n) is 26.2. The highest BCUT2D eigenvalue weighted by Gasteiger charge is 2.08. The van der Waals surface area contributed by atoms with E-state index in [1.54, 1.807) is 0 Å². The van der Waals surface area contributed by atoms with Crippen LogP contribution in [0.5, 0.6) is 0 Å². The fourth-order valence-electron chi connectivity index (χ4n) is 4.04. The highest BCUT2D eigenvalue weighted by molar-refractivity contribution is 5.73. The van der Waals surface area contributed by atoms with E-state index >= 15 is 0 Å². The predicted molar refractivity (Wildman–Crippen MR) is 170 cm³/mol. The number of hydrogen-bond acceptors (Lipinski definition) is 0. The Kier molecular flexibility index (Phi) is 29.9. The Morgan fingerprint density at radius 3 is 1.54 bits per heavy atom. The Hall–Kier alpha value is -2.34. The number of aryl methyl sites for hydroxylation is 4. The molecule has 0 heterocycles. The molecule has 2 aromatic carbocycles. The molecule has 0 atom stereocenters. The third-order valence-corrected chi connectivity index (χ3v) is 5.46. The second-order valence-electron chi connectivity index (χ2n) is 7.27. The van der Waals surface area contributed by atoms with E-state index in [9.17, 15) is 0 Å². The molecule has 0 bridgehead atoms. The maximum absolute atomic E-state index is 3.93. The zero-order chi connectivity index (χ0) is 28.6. The summed E-state index contributed by atoms with van der Waals surface area (Å²) in [7, 11) is 0. The summed E-state index contributed by atoms with van der Waals surface area (Å²) < 4.78 is 0. The van der Waals surface area contributed by atoms with Crippen molar-refractivity contribution >= 4 is 11.6 Å². The first-order valence-corrected chi connectivity index (χ1v) is 13.8. The SMILES string of the molecule is C=C.C=Cc1c(CC)ccc(/C(=C\C)CC)c1C.CC.CC.CC.CCc1c(C)cc(C)cc1C. The van der Waals surface area contributed by atoms with Crippen molar-refractivity contribution in [3.05, 3.63) is 94.6 Å². The van der Waals surface area contributed by atoms with Crippen LogP contribution < -0.4 is 0 Å². The maximum Gasteiger partial charge on any atom is -0.0192 e. The van der Waals surface area contributed by atoms with Gasteiger partial charge in [-0.15, -0.1) is 13.2 Å². The smallest absolute Gasteiger partial charge is 0.0192 e. The van der Waals surface area contributed by atoms with Crippen LogP contribution in [0, 0.1) is 27.7 Å². The average Bonchev–Trinajstić information content (AvgIpc) is 2.90. The molecule has 2 rings (SSSR count). The van der Waals surface area contributed by atoms with Gasteiger partial charge in [0.05, 0.1) is 0 Å². The molecule has 0 unspecified atom stereocenters. The lowest BCUT2D eigenvalue weighted by molar-refractivity contribution is 1.07. The number of rotatable bonds is 5. The molecule has 0 saturated carbocycles. The number of benzene rings is 2. The van der Waals surface area contributed by atoms with Crippen molar-refractivity contribution in [3.8, 4) is 0 Å². The van der Waals surface area contributed by atoms with Crippen LogP contribution in [0.3, 0.4) is 0 Å². The van der Waals surface area contributed by atoms with E-state index in [0.717, 1.165) is 19.3 Å². The molecule has 0 radical (unpaired) electrons. The second kappa shape index (κ2) is 26.3. The van der Waals surface area contributed by atoms with Crippen LogP contribution in [0.4, 0.5) is 0 Å². The third kappa shape index (κ3) is 14.0. The topological polar surface area (TPSA) is 0 Å². The normalized spacial score (nSPS) is 9.14. The van der Waals surface area contributed by atoms with Crippen molar-refractivity contribution < 1.29 is 0 Å². The van der Waals surface area contributed by atoms with E-state index in [0.29, 0.717) is 0 Å². The summed E-state index contributed by atoms with van der Waals surface area (Å²) in [6.45, 7) is 39.4. The average molecular weight is 481 g/mol. The molecule has 0 aliphatic heterocycles. The molecule has 0 fully saturated rings. The van der Waals surface area contributed by atoms with Gasteiger partial charge in [0.25, 0.3) is 0 Å². The van der Waals surface area contributed by atoms with Crippen LogP contribution in [-0.2, 0) is 12.8 Å². The van der Waals surface area contributed by atoms with Crippen molar-refractivity contribution in [2.45, 2.75) is 116 Å². The zero-order valence-corrected chi connectivity index (χ0v) is 26.2. The van der Waals surface area contributed by atoms with Crippen molar-refractivity contribution in [2.75, 3.05) is 0 Å². The largest absolute Gasteiger partial charge is 0.106 e. The van der Waals surface area contributed by atoms with Crippen molar-refractivity contribution in [2.24, 2.45) is 0 Å². The van der Waals surface area contributed by atoms with Gasteiger partial charge in [0.2, 0.25) is 0 Å². The van der Waals surface area contributed by atoms with Gasteiger partial charge in [-0.3, -0.25) is 0 Å². The standard InChI is InChI=1S/C16H22.C11H16.3C2H6.C2H4/c1-6-13(7-2)16-11-10-14(8-3)15(9-4)12(16)5;1-5-11-9(3)6-8(2)7-10(11)4;4*1-2/h6,9-11H,4,7-8H2,1-3,5H3;6-7H,5H2,1-4H3;3*1-2H3;1-2H2/b13-6-;;;;;. The predicted octanol–water partition coefficient (Wildman–Crippen LogP) is 12.1. The maximum atomic E-state index is 3.93. The van der Waals surface area contributed by atoms with Gasteiger partial charge in [-0.25, -0.2) is 0 Å². The highest BCUT2D eigenvalue weighted by Crippen LogP contribution is 2.27. The molecular formula is C35H60. The minimum atomic E-state index is 1.07. The monoisotopic (exact) mass is 480 g/mol. The Labute approximate surface area is 222 Å². The Bertz CT molecular complexity index is 795. The number of allylic oxidation sites excluding steroid dienone is 2. The summed E-state index contributed by atoms with van der Waals surface area (Å²) in [6, 6.07) is 9.00. The van der Waals surface area contributed by atoms with E-state index in [1.165, 1.54) is 50.1 Å². The fourth-order valence-corrected chi connectivity index (χ4v) is 4.04. The van der Waals surface area contributed by atoms with E-state index in [1.807, 2.05) is 47.6 Å². The van der Waals surface area contributed by atoms with Gasteiger partial charge in [-0.05, 0) is 98.4 Å². The summed E-state index contributed by atoms with van der Waals surface area (Å²) in [5, 5.41) is 0. The van der Waals surface area contributed by atoms with Gasteiger partial charge in [-0.1, -0.05) is 111 Å². The van der Waals surface area contributed by atoms with E-state index in [-0.39, 0.29) is 0 Å². The van der Waals surface area contributed by atoms with Crippen LogP contribution in [0.15, 0.2) is 50.1 Å². The van der Waals surface area contributed by atoms with Crippen LogP contribution >= 0.6 is 0 Å². The van der Waals surface area contributed by atoms with Crippen LogP contribution in [0.2, 0.25) is 0 Å². The Morgan fingerprint density at radius 2 is 1.23 bits per heavy atom. The van der Waals surface area contributed by atoms with Crippen LogP contribution in [0.1, 0.15) is 120 Å². The van der Waals surface area contributed by atoms with E-state index in [4.69, 9.17) is 0 Å². The Morgan fingerprint density at radius 1 is 0.771 bits per heavy atom. The quantitative estimate of drug-likeness (QED) is 0.373. The summed E-state index contributed by atoms with van der Waals surface area (Å²) in [6.07, 6.45) is 7.50. The molecule has 0 aliphatic carbocycles. The molecule has 200 valence electrons. The third-order valence-electron chi connectivity index (χ3n) is 5.46. The number of hydrogen-bond donors (Lipinski definition) is 0. The molecule has 0 aliphatic rings. The summed E-state index contributed by atoms with van der Waals surface area (Å²) >= 11 is 0. The minimum absolute atomic E-state index is 1.07. The van der Waals surface area contributed by atoms with Crippen molar-refractivity contribution in [3.63, 3.8) is 0 Å². The summed E-state index contributed by atoms with van der Waals surface area (Å²) in [5.41, 5.74) is 12.6. The molecule has 0 spiro atoms. The summed E-state index contributed by atoms with van der Waals surface area (Å²) in [4.78, 5) is 0. The minimum Gasteiger partial charge on any atom is -0.106 e. The van der Waals surface area contributed by atoms with Gasteiger partial charge in [0.1, 0.15) is 0 Å². The highest BCUT2D eigenvalue weighted by atomic mass is 14.1. The lowest BCUT2D eigenvalue weighted by Crippen LogP contribution is -1.96. The molecule has 2 aromatic rings. The van der Waals surface area contributed by atoms with Gasteiger partial charge < -0.3 is 0 Å². The molecule has 0 heteroatoms. The van der Waals surface area contributed by atoms with Gasteiger partial charge in [-0.2, -0.15) is 0 Å². The lowest BCUT2D eigenvalue weighted by Gasteiger charge is -2.14. The first-order valence-electron chi connectivity index (χ1n) is 13.8. The van der Waals surface area contributed by atoms with Gasteiger partial charge in [0.15, 0.2) is 0 Å². The van der Waals surface area contributed by atoms with Crippen molar-refractivity contribution in [1.29, 1.82) is 0 Å². The van der Waals surface area contributed by atoms with Gasteiger partial charge >= 0.3 is 0 Å². The first-order chi connectivity index (χ1) is 16.8. The van der Waals surface area contributed by atoms with Crippen LogP contribution in [-0.4, -0.2) is 0 Å². The van der Waals surface area contributed by atoms with E-state index in [2.05, 4.69) is 105 Å². The van der Waals surface area contributed by atoms with Gasteiger partial charge in [0, 0.05) is 0 Å². The van der Waals surface area contributed by atoms with E-state index < -0.39 is 0 Å². The fraction of sp³-hybridized carbons (Fsp3) is 0.486. The second-order valence-corrected chi connectivity index (χ2v) is 7.27. The lowest BCUT2D eigenvalue weighted by atomic mass is 9.91. The Balaban J connectivity index is -0.000000220. The molecule has 0 saturated heterocycles. The first kappa shape index (κ1) is 39.9. The van der Waals surface area contributed by atoms with Crippen molar-refractivity contribution in [1.82, 2.24) is 0 Å². The summed E-state index contributed by atoms with van der Waals surface area (Å²) in [5.74, 6) is 0. The molecule has 0 aromatic heterocycles. The molecule has 35 heavy (non-hydrogen) atoms. The molecular weight excluding hydrogens is 420 g/mol. The van der Waals surface area contributed by atoms with Crippen LogP contribution in [0.25, 0.3) is 11.6 Å². The molecule has 0 nitrogen and oxygen atoms in total. The molecule has 0 amide bonds. The molecule has 0 N–H and O–H groups in total.